The Bertz CT molecular complexity index is 656. The standard InChI is InChI=1S/C22H31ClN2O2/c23-14-22(27)24-15-20(18-7-2-1-3-8-18)25-21(26)13-16-10-11-17-6-4-5-9-19(17)12-16/h10-12,18,20H,1-9,13-15H2,(H,24,27)(H,25,26). The molecule has 2 amide bonds. The van der Waals surface area contributed by atoms with Gasteiger partial charge in [0, 0.05) is 12.6 Å². The predicted octanol–water partition coefficient (Wildman–Crippen LogP) is 3.53. The third-order valence-electron chi connectivity index (χ3n) is 5.98. The molecule has 27 heavy (non-hydrogen) atoms. The molecular weight excluding hydrogens is 360 g/mol. The van der Waals surface area contributed by atoms with Gasteiger partial charge in [0.05, 0.1) is 6.42 Å². The fourth-order valence-electron chi connectivity index (χ4n) is 4.48. The number of hydrogen-bond donors (Lipinski definition) is 2. The van der Waals surface area contributed by atoms with Crippen molar-refractivity contribution in [2.24, 2.45) is 5.92 Å². The largest absolute Gasteiger partial charge is 0.353 e. The van der Waals surface area contributed by atoms with Crippen LogP contribution in [0.2, 0.25) is 0 Å². The maximum absolute atomic E-state index is 12.7. The van der Waals surface area contributed by atoms with Gasteiger partial charge >= 0.3 is 0 Å². The minimum absolute atomic E-state index is 0.0115. The molecule has 0 saturated heterocycles. The van der Waals surface area contributed by atoms with E-state index in [0.29, 0.717) is 18.9 Å². The first kappa shape index (κ1) is 20.2. The summed E-state index contributed by atoms with van der Waals surface area (Å²) in [6.45, 7) is 0.464. The summed E-state index contributed by atoms with van der Waals surface area (Å²) in [5.74, 6) is 0.255. The Hall–Kier alpha value is -1.55. The molecule has 0 bridgehead atoms. The van der Waals surface area contributed by atoms with Crippen molar-refractivity contribution in [3.05, 3.63) is 34.9 Å². The van der Waals surface area contributed by atoms with Crippen molar-refractivity contribution in [2.45, 2.75) is 70.3 Å². The molecule has 1 atom stereocenters. The molecule has 2 aliphatic carbocycles. The second kappa shape index (κ2) is 10.1. The highest BCUT2D eigenvalue weighted by Gasteiger charge is 2.25. The number of carbonyl (C=O) groups is 2. The Morgan fingerprint density at radius 2 is 1.74 bits per heavy atom. The Labute approximate surface area is 167 Å². The van der Waals surface area contributed by atoms with Crippen molar-refractivity contribution in [1.29, 1.82) is 0 Å². The maximum Gasteiger partial charge on any atom is 0.234 e. The average molecular weight is 391 g/mol. The van der Waals surface area contributed by atoms with Crippen LogP contribution in [0.1, 0.15) is 61.6 Å². The van der Waals surface area contributed by atoms with Crippen LogP contribution in [0.25, 0.3) is 0 Å². The Kier molecular flexibility index (Phi) is 7.57. The number of benzene rings is 1. The highest BCUT2D eigenvalue weighted by atomic mass is 35.5. The molecule has 1 aromatic rings. The molecule has 3 rings (SSSR count). The van der Waals surface area contributed by atoms with Crippen LogP contribution < -0.4 is 10.6 Å². The van der Waals surface area contributed by atoms with E-state index in [1.54, 1.807) is 0 Å². The fourth-order valence-corrected chi connectivity index (χ4v) is 4.58. The molecule has 2 aliphatic rings. The van der Waals surface area contributed by atoms with Crippen LogP contribution in [0.5, 0.6) is 0 Å². The average Bonchev–Trinajstić information content (AvgIpc) is 2.71. The molecule has 1 aromatic carbocycles. The molecule has 4 nitrogen and oxygen atoms in total. The number of halogens is 1. The molecule has 1 fully saturated rings. The van der Waals surface area contributed by atoms with E-state index in [1.165, 1.54) is 43.2 Å². The molecule has 5 heteroatoms. The Morgan fingerprint density at radius 1 is 1.00 bits per heavy atom. The fraction of sp³-hybridized carbons (Fsp3) is 0.636. The summed E-state index contributed by atoms with van der Waals surface area (Å²) < 4.78 is 0. The van der Waals surface area contributed by atoms with Gasteiger partial charge in [0.2, 0.25) is 11.8 Å². The van der Waals surface area contributed by atoms with Gasteiger partial charge < -0.3 is 10.6 Å². The van der Waals surface area contributed by atoms with Gasteiger partial charge in [0.25, 0.3) is 0 Å². The van der Waals surface area contributed by atoms with E-state index < -0.39 is 0 Å². The van der Waals surface area contributed by atoms with E-state index in [-0.39, 0.29) is 23.7 Å². The molecule has 0 heterocycles. The van der Waals surface area contributed by atoms with E-state index in [2.05, 4.69) is 28.8 Å². The van der Waals surface area contributed by atoms with Crippen LogP contribution in [0.4, 0.5) is 0 Å². The topological polar surface area (TPSA) is 58.2 Å². The molecule has 0 aromatic heterocycles. The number of nitrogens with one attached hydrogen (secondary N) is 2. The quantitative estimate of drug-likeness (QED) is 0.700. The summed E-state index contributed by atoms with van der Waals surface area (Å²) in [7, 11) is 0. The summed E-state index contributed by atoms with van der Waals surface area (Å²) in [6, 6.07) is 6.48. The first-order valence-corrected chi connectivity index (χ1v) is 10.9. The molecule has 2 N–H and O–H groups in total. The summed E-state index contributed by atoms with van der Waals surface area (Å²) in [5.41, 5.74) is 3.93. The van der Waals surface area contributed by atoms with Gasteiger partial charge in [-0.1, -0.05) is 37.5 Å². The SMILES string of the molecule is O=C(CCl)NCC(NC(=O)Cc1ccc2c(c1)CCCC2)C1CCCCC1. The molecular formula is C22H31ClN2O2. The van der Waals surface area contributed by atoms with Crippen molar-refractivity contribution in [3.8, 4) is 0 Å². The highest BCUT2D eigenvalue weighted by Crippen LogP contribution is 2.27. The summed E-state index contributed by atoms with van der Waals surface area (Å²) in [4.78, 5) is 24.3. The van der Waals surface area contributed by atoms with Gasteiger partial charge in [-0.25, -0.2) is 0 Å². The van der Waals surface area contributed by atoms with Gasteiger partial charge in [-0.05, 0) is 61.1 Å². The zero-order valence-electron chi connectivity index (χ0n) is 16.1. The first-order valence-electron chi connectivity index (χ1n) is 10.4. The second-order valence-electron chi connectivity index (χ2n) is 8.00. The van der Waals surface area contributed by atoms with Crippen molar-refractivity contribution in [1.82, 2.24) is 10.6 Å². The lowest BCUT2D eigenvalue weighted by Crippen LogP contribution is -2.49. The lowest BCUT2D eigenvalue weighted by Gasteiger charge is -2.31. The Morgan fingerprint density at radius 3 is 2.48 bits per heavy atom. The summed E-state index contributed by atoms with van der Waals surface area (Å²) >= 11 is 5.59. The van der Waals surface area contributed by atoms with Crippen LogP contribution in [-0.2, 0) is 28.9 Å². The number of alkyl halides is 1. The molecule has 1 unspecified atom stereocenters. The molecule has 0 radical (unpaired) electrons. The van der Waals surface area contributed by atoms with Crippen LogP contribution in [0.15, 0.2) is 18.2 Å². The molecule has 0 spiro atoms. The lowest BCUT2D eigenvalue weighted by molar-refractivity contribution is -0.122. The zero-order chi connectivity index (χ0) is 19.1. The molecule has 0 aliphatic heterocycles. The maximum atomic E-state index is 12.7. The van der Waals surface area contributed by atoms with Crippen LogP contribution >= 0.6 is 11.6 Å². The van der Waals surface area contributed by atoms with Crippen molar-refractivity contribution in [2.75, 3.05) is 12.4 Å². The van der Waals surface area contributed by atoms with Crippen molar-refractivity contribution < 1.29 is 9.59 Å². The first-order chi connectivity index (χ1) is 13.2. The smallest absolute Gasteiger partial charge is 0.234 e. The Balaban J connectivity index is 1.59. The van der Waals surface area contributed by atoms with Gasteiger partial charge in [-0.2, -0.15) is 0 Å². The number of hydrogen-bond acceptors (Lipinski definition) is 2. The lowest BCUT2D eigenvalue weighted by atomic mass is 9.83. The van der Waals surface area contributed by atoms with E-state index in [4.69, 9.17) is 11.6 Å². The molecule has 148 valence electrons. The zero-order valence-corrected chi connectivity index (χ0v) is 16.8. The van der Waals surface area contributed by atoms with Gasteiger partial charge in [-0.15, -0.1) is 11.6 Å². The number of rotatable bonds is 7. The van der Waals surface area contributed by atoms with Crippen molar-refractivity contribution >= 4 is 23.4 Å². The van der Waals surface area contributed by atoms with Crippen LogP contribution in [0, 0.1) is 5.92 Å². The van der Waals surface area contributed by atoms with E-state index in [1.807, 2.05) is 0 Å². The number of fused-ring (bicyclic) bond motifs is 1. The highest BCUT2D eigenvalue weighted by molar-refractivity contribution is 6.27. The van der Waals surface area contributed by atoms with Crippen molar-refractivity contribution in [3.63, 3.8) is 0 Å². The number of aryl methyl sites for hydroxylation is 2. The third kappa shape index (κ3) is 5.97. The minimum Gasteiger partial charge on any atom is -0.353 e. The summed E-state index contributed by atoms with van der Waals surface area (Å²) in [5, 5.41) is 6.05. The molecule has 1 saturated carbocycles. The number of amides is 2. The predicted molar refractivity (Wildman–Crippen MR) is 109 cm³/mol. The van der Waals surface area contributed by atoms with Crippen LogP contribution in [-0.4, -0.2) is 30.3 Å². The third-order valence-corrected chi connectivity index (χ3v) is 6.23. The number of carbonyl (C=O) groups excluding carboxylic acids is 2. The summed E-state index contributed by atoms with van der Waals surface area (Å²) in [6.07, 6.45) is 11.1. The van der Waals surface area contributed by atoms with Gasteiger partial charge in [0.1, 0.15) is 5.88 Å². The monoisotopic (exact) mass is 390 g/mol. The van der Waals surface area contributed by atoms with E-state index >= 15 is 0 Å². The van der Waals surface area contributed by atoms with Gasteiger partial charge in [0.15, 0.2) is 0 Å². The van der Waals surface area contributed by atoms with E-state index in [9.17, 15) is 9.59 Å². The van der Waals surface area contributed by atoms with Gasteiger partial charge in [-0.3, -0.25) is 9.59 Å². The normalized spacial score (nSPS) is 18.4. The second-order valence-corrected chi connectivity index (χ2v) is 8.26. The minimum atomic E-state index is -0.179. The van der Waals surface area contributed by atoms with E-state index in [0.717, 1.165) is 31.2 Å². The van der Waals surface area contributed by atoms with Crippen LogP contribution in [0.3, 0.4) is 0 Å².